The number of piperidine rings is 1. The van der Waals surface area contributed by atoms with Crippen LogP contribution in [0.3, 0.4) is 0 Å². The second-order valence-electron chi connectivity index (χ2n) is 7.82. The van der Waals surface area contributed by atoms with Crippen molar-refractivity contribution >= 4 is 27.3 Å². The zero-order valence-corrected chi connectivity index (χ0v) is 17.6. The average molecular weight is 421 g/mol. The molecule has 0 aliphatic carbocycles. The summed E-state index contributed by atoms with van der Waals surface area (Å²) in [5.74, 6) is 0.323. The Morgan fingerprint density at radius 1 is 1.34 bits per heavy atom. The summed E-state index contributed by atoms with van der Waals surface area (Å²) in [6, 6.07) is 1.27. The van der Waals surface area contributed by atoms with Crippen LogP contribution in [0.5, 0.6) is 0 Å². The Kier molecular flexibility index (Phi) is 6.41. The predicted molar refractivity (Wildman–Crippen MR) is 112 cm³/mol. The van der Waals surface area contributed by atoms with Gasteiger partial charge in [-0.05, 0) is 31.7 Å². The summed E-state index contributed by atoms with van der Waals surface area (Å²) in [7, 11) is 0. The first-order valence-corrected chi connectivity index (χ1v) is 11.2. The van der Waals surface area contributed by atoms with E-state index in [0.29, 0.717) is 17.4 Å². The fourth-order valence-corrected chi connectivity index (χ4v) is 4.82. The van der Waals surface area contributed by atoms with Crippen LogP contribution in [0.2, 0.25) is 0 Å². The Morgan fingerprint density at radius 3 is 2.97 bits per heavy atom. The Bertz CT molecular complexity index is 907. The molecule has 10 heteroatoms. The number of carbonyl (C=O) groups excluding carboxylic acids is 1. The molecular formula is C19H28N6O3S. The molecule has 2 aromatic rings. The number of hydrogen-bond donors (Lipinski definition) is 1. The molecule has 9 nitrogen and oxygen atoms in total. The molecule has 0 radical (unpaired) electrons. The highest BCUT2D eigenvalue weighted by molar-refractivity contribution is 7.20. The van der Waals surface area contributed by atoms with Crippen LogP contribution < -0.4 is 15.8 Å². The Labute approximate surface area is 173 Å². The van der Waals surface area contributed by atoms with Crippen molar-refractivity contribution in [3.63, 3.8) is 0 Å². The zero-order chi connectivity index (χ0) is 20.2. The second-order valence-corrected chi connectivity index (χ2v) is 8.75. The average Bonchev–Trinajstić information content (AvgIpc) is 3.15. The standard InChI is InChI=1S/C19H28N6O3S/c1-14-4-2-7-24(13-14)19-22-25-15(12-16(26)21-18(25)29-19)17(27)20-5-3-6-23-8-10-28-11-9-23/h12,14H,2-11,13H2,1H3,(H,20,27). The van der Waals surface area contributed by atoms with Gasteiger partial charge < -0.3 is 15.0 Å². The molecule has 1 unspecified atom stereocenters. The first kappa shape index (κ1) is 20.2. The molecule has 4 heterocycles. The summed E-state index contributed by atoms with van der Waals surface area (Å²) in [5.41, 5.74) is -0.162. The number of anilines is 1. The van der Waals surface area contributed by atoms with Crippen LogP contribution in [0.25, 0.3) is 4.96 Å². The van der Waals surface area contributed by atoms with Gasteiger partial charge in [-0.25, -0.2) is 0 Å². The van der Waals surface area contributed by atoms with E-state index in [4.69, 9.17) is 4.74 Å². The highest BCUT2D eigenvalue weighted by Crippen LogP contribution is 2.27. The van der Waals surface area contributed by atoms with Gasteiger partial charge in [0.25, 0.3) is 11.5 Å². The van der Waals surface area contributed by atoms with Gasteiger partial charge in [0.1, 0.15) is 5.69 Å². The van der Waals surface area contributed by atoms with E-state index >= 15 is 0 Å². The first-order valence-electron chi connectivity index (χ1n) is 10.3. The highest BCUT2D eigenvalue weighted by atomic mass is 32.1. The number of amides is 1. The Morgan fingerprint density at radius 2 is 2.17 bits per heavy atom. The molecule has 2 aromatic heterocycles. The molecule has 2 fully saturated rings. The van der Waals surface area contributed by atoms with Crippen molar-refractivity contribution in [3.8, 4) is 0 Å². The Hall–Kier alpha value is -2.04. The van der Waals surface area contributed by atoms with Gasteiger partial charge in [-0.1, -0.05) is 18.3 Å². The number of morpholine rings is 1. The van der Waals surface area contributed by atoms with E-state index in [2.05, 4.69) is 32.1 Å². The third-order valence-corrected chi connectivity index (χ3v) is 6.41. The largest absolute Gasteiger partial charge is 0.379 e. The summed E-state index contributed by atoms with van der Waals surface area (Å²) < 4.78 is 6.86. The van der Waals surface area contributed by atoms with Gasteiger partial charge in [-0.15, -0.1) is 5.10 Å². The topological polar surface area (TPSA) is 92.1 Å². The molecule has 1 atom stereocenters. The van der Waals surface area contributed by atoms with Crippen molar-refractivity contribution in [2.45, 2.75) is 26.2 Å². The minimum Gasteiger partial charge on any atom is -0.379 e. The molecule has 1 N–H and O–H groups in total. The van der Waals surface area contributed by atoms with Crippen molar-refractivity contribution in [3.05, 3.63) is 22.1 Å². The molecule has 158 valence electrons. The van der Waals surface area contributed by atoms with Crippen molar-refractivity contribution in [2.75, 3.05) is 57.4 Å². The van der Waals surface area contributed by atoms with E-state index in [1.54, 1.807) is 0 Å². The highest BCUT2D eigenvalue weighted by Gasteiger charge is 2.22. The number of nitrogens with zero attached hydrogens (tertiary/aromatic N) is 5. The molecule has 2 saturated heterocycles. The third-order valence-electron chi connectivity index (χ3n) is 5.44. The second kappa shape index (κ2) is 9.19. The van der Waals surface area contributed by atoms with E-state index in [1.807, 2.05) is 0 Å². The zero-order valence-electron chi connectivity index (χ0n) is 16.8. The Balaban J connectivity index is 1.43. The maximum absolute atomic E-state index is 12.7. The summed E-state index contributed by atoms with van der Waals surface area (Å²) in [6.07, 6.45) is 3.19. The third kappa shape index (κ3) is 4.93. The number of carbonyl (C=O) groups is 1. The minimum atomic E-state index is -0.411. The lowest BCUT2D eigenvalue weighted by molar-refractivity contribution is 0.0374. The van der Waals surface area contributed by atoms with Crippen LogP contribution in [0.4, 0.5) is 5.13 Å². The molecule has 0 bridgehead atoms. The molecule has 1 amide bonds. The summed E-state index contributed by atoms with van der Waals surface area (Å²) >= 11 is 1.37. The normalized spacial score (nSPS) is 20.9. The maximum atomic E-state index is 12.7. The fourth-order valence-electron chi connectivity index (χ4n) is 3.88. The van der Waals surface area contributed by atoms with Crippen LogP contribution in [0.15, 0.2) is 10.9 Å². The molecule has 0 aromatic carbocycles. The van der Waals surface area contributed by atoms with E-state index in [0.717, 1.165) is 63.9 Å². The smallest absolute Gasteiger partial charge is 0.274 e. The van der Waals surface area contributed by atoms with Crippen molar-refractivity contribution in [2.24, 2.45) is 5.92 Å². The van der Waals surface area contributed by atoms with Crippen molar-refractivity contribution < 1.29 is 9.53 Å². The molecule has 0 spiro atoms. The van der Waals surface area contributed by atoms with Gasteiger partial charge in [0.2, 0.25) is 10.1 Å². The first-order chi connectivity index (χ1) is 14.1. The molecule has 2 aliphatic heterocycles. The van der Waals surface area contributed by atoms with E-state index in [9.17, 15) is 9.59 Å². The van der Waals surface area contributed by atoms with Crippen LogP contribution in [0, 0.1) is 5.92 Å². The van der Waals surface area contributed by atoms with Gasteiger partial charge in [0.05, 0.1) is 13.2 Å². The molecule has 4 rings (SSSR count). The van der Waals surface area contributed by atoms with E-state index in [1.165, 1.54) is 28.3 Å². The number of hydrogen-bond acceptors (Lipinski definition) is 8. The van der Waals surface area contributed by atoms with E-state index in [-0.39, 0.29) is 11.6 Å². The molecule has 29 heavy (non-hydrogen) atoms. The lowest BCUT2D eigenvalue weighted by Gasteiger charge is -2.30. The number of nitrogens with one attached hydrogen (secondary N) is 1. The number of fused-ring (bicyclic) bond motifs is 1. The number of rotatable bonds is 6. The van der Waals surface area contributed by atoms with Crippen LogP contribution in [-0.4, -0.2) is 77.9 Å². The molecular weight excluding hydrogens is 392 g/mol. The van der Waals surface area contributed by atoms with E-state index < -0.39 is 5.56 Å². The lowest BCUT2D eigenvalue weighted by Crippen LogP contribution is -2.38. The quantitative estimate of drug-likeness (QED) is 0.693. The number of ether oxygens (including phenoxy) is 1. The van der Waals surface area contributed by atoms with Crippen LogP contribution in [-0.2, 0) is 4.74 Å². The maximum Gasteiger partial charge on any atom is 0.274 e. The predicted octanol–water partition coefficient (Wildman–Crippen LogP) is 0.839. The summed E-state index contributed by atoms with van der Waals surface area (Å²) in [6.45, 7) is 9.00. The van der Waals surface area contributed by atoms with Gasteiger partial charge in [0, 0.05) is 38.8 Å². The minimum absolute atomic E-state index is 0.249. The molecule has 0 saturated carbocycles. The monoisotopic (exact) mass is 420 g/mol. The van der Waals surface area contributed by atoms with Gasteiger partial charge in [-0.3, -0.25) is 14.5 Å². The van der Waals surface area contributed by atoms with Gasteiger partial charge in [-0.2, -0.15) is 9.50 Å². The van der Waals surface area contributed by atoms with Crippen LogP contribution >= 0.6 is 11.3 Å². The van der Waals surface area contributed by atoms with Gasteiger partial charge >= 0.3 is 0 Å². The SMILES string of the molecule is CC1CCCN(c2nn3c(C(=O)NCCCN4CCOCC4)cc(=O)nc3s2)C1. The van der Waals surface area contributed by atoms with Crippen LogP contribution in [0.1, 0.15) is 36.7 Å². The fraction of sp³-hybridized carbons (Fsp3) is 0.684. The van der Waals surface area contributed by atoms with Gasteiger partial charge in [0.15, 0.2) is 0 Å². The van der Waals surface area contributed by atoms with Crippen molar-refractivity contribution in [1.29, 1.82) is 0 Å². The van der Waals surface area contributed by atoms with Crippen molar-refractivity contribution in [1.82, 2.24) is 24.8 Å². The summed E-state index contributed by atoms with van der Waals surface area (Å²) in [4.78, 5) is 33.8. The summed E-state index contributed by atoms with van der Waals surface area (Å²) in [5, 5.41) is 8.35. The lowest BCUT2D eigenvalue weighted by atomic mass is 10.0. The number of aromatic nitrogens is 3. The molecule has 2 aliphatic rings.